The number of nitrogens with one attached hydrogen (secondary N) is 1. The molecule has 0 spiro atoms. The summed E-state index contributed by atoms with van der Waals surface area (Å²) in [6.45, 7) is 4.00. The number of benzene rings is 1. The number of likely N-dealkylation sites (tertiary alicyclic amines) is 1. The van der Waals surface area contributed by atoms with Crippen LogP contribution in [-0.2, 0) is 16.0 Å². The first kappa shape index (κ1) is 15.7. The van der Waals surface area contributed by atoms with E-state index in [2.05, 4.69) is 4.98 Å². The maximum atomic E-state index is 12.5. The number of H-pyrrole nitrogens is 1. The molecule has 1 aliphatic rings. The second-order valence-corrected chi connectivity index (χ2v) is 5.95. The van der Waals surface area contributed by atoms with Crippen LogP contribution in [0.2, 0.25) is 0 Å². The van der Waals surface area contributed by atoms with Gasteiger partial charge in [-0.05, 0) is 37.3 Å². The molecule has 1 aliphatic heterocycles. The van der Waals surface area contributed by atoms with Crippen LogP contribution in [0.3, 0.4) is 0 Å². The molecule has 1 saturated heterocycles. The Kier molecular flexibility index (Phi) is 4.76. The first-order chi connectivity index (χ1) is 11.2. The van der Waals surface area contributed by atoms with Crippen LogP contribution in [0, 0.1) is 0 Å². The maximum Gasteiger partial charge on any atom is 0.252 e. The number of rotatable bonds is 4. The Morgan fingerprint density at radius 3 is 3.04 bits per heavy atom. The molecule has 3 rings (SSSR count). The second kappa shape index (κ2) is 6.96. The van der Waals surface area contributed by atoms with Gasteiger partial charge in [-0.1, -0.05) is 18.2 Å². The lowest BCUT2D eigenvalue weighted by atomic mass is 10.1. The van der Waals surface area contributed by atoms with Gasteiger partial charge in [-0.15, -0.1) is 0 Å². The van der Waals surface area contributed by atoms with Crippen LogP contribution in [0.15, 0.2) is 35.1 Å². The Morgan fingerprint density at radius 2 is 2.22 bits per heavy atom. The second-order valence-electron chi connectivity index (χ2n) is 5.95. The van der Waals surface area contributed by atoms with E-state index in [1.54, 1.807) is 0 Å². The molecule has 5 nitrogen and oxygen atoms in total. The van der Waals surface area contributed by atoms with Crippen molar-refractivity contribution < 1.29 is 9.53 Å². The van der Waals surface area contributed by atoms with E-state index in [1.165, 1.54) is 0 Å². The van der Waals surface area contributed by atoms with Crippen LogP contribution in [0.25, 0.3) is 10.9 Å². The Labute approximate surface area is 135 Å². The van der Waals surface area contributed by atoms with E-state index in [9.17, 15) is 9.59 Å². The van der Waals surface area contributed by atoms with E-state index in [-0.39, 0.29) is 24.0 Å². The number of aromatic amines is 1. The lowest BCUT2D eigenvalue weighted by Gasteiger charge is -2.32. The maximum absolute atomic E-state index is 12.5. The molecule has 122 valence electrons. The first-order valence-electron chi connectivity index (χ1n) is 8.17. The summed E-state index contributed by atoms with van der Waals surface area (Å²) in [5.41, 5.74) is 1.13. The third-order valence-corrected chi connectivity index (χ3v) is 4.31. The summed E-state index contributed by atoms with van der Waals surface area (Å²) in [6, 6.07) is 9.41. The molecule has 1 N–H and O–H groups in total. The molecular weight excluding hydrogens is 292 g/mol. The van der Waals surface area contributed by atoms with E-state index >= 15 is 0 Å². The monoisotopic (exact) mass is 314 g/mol. The van der Waals surface area contributed by atoms with E-state index in [4.69, 9.17) is 4.74 Å². The minimum atomic E-state index is -0.185. The number of piperidine rings is 1. The van der Waals surface area contributed by atoms with E-state index < -0.39 is 0 Å². The number of fused-ring (bicyclic) bond motifs is 1. The standard InChI is InChI=1S/C18H22N2O3/c1-2-23-15-7-5-9-20(12-15)17(21)11-14-10-13-6-3-4-8-16(13)19-18(14)22/h3-4,6,8,10,15H,2,5,7,9,11-12H2,1H3,(H,19,22)/t15-/m1/s1. The molecule has 1 amide bonds. The third kappa shape index (κ3) is 3.62. The normalized spacial score (nSPS) is 18.3. The number of pyridine rings is 1. The number of hydrogen-bond acceptors (Lipinski definition) is 3. The van der Waals surface area contributed by atoms with Gasteiger partial charge in [0.25, 0.3) is 5.56 Å². The van der Waals surface area contributed by atoms with Gasteiger partial charge in [0.2, 0.25) is 5.91 Å². The Bertz CT molecular complexity index is 751. The van der Waals surface area contributed by atoms with Crippen molar-refractivity contribution in [2.45, 2.75) is 32.3 Å². The molecular formula is C18H22N2O3. The van der Waals surface area contributed by atoms with Crippen LogP contribution in [-0.4, -0.2) is 41.6 Å². The zero-order valence-electron chi connectivity index (χ0n) is 13.4. The highest BCUT2D eigenvalue weighted by Gasteiger charge is 2.24. The lowest BCUT2D eigenvalue weighted by molar-refractivity contribution is -0.134. The molecule has 5 heteroatoms. The van der Waals surface area contributed by atoms with Gasteiger partial charge < -0.3 is 14.6 Å². The number of para-hydroxylation sites is 1. The van der Waals surface area contributed by atoms with Gasteiger partial charge in [0, 0.05) is 30.8 Å². The van der Waals surface area contributed by atoms with Crippen molar-refractivity contribution in [2.24, 2.45) is 0 Å². The molecule has 1 aromatic heterocycles. The number of carbonyl (C=O) groups is 1. The molecule has 1 aromatic carbocycles. The molecule has 23 heavy (non-hydrogen) atoms. The van der Waals surface area contributed by atoms with Crippen molar-refractivity contribution in [2.75, 3.05) is 19.7 Å². The van der Waals surface area contributed by atoms with Crippen LogP contribution in [0.4, 0.5) is 0 Å². The van der Waals surface area contributed by atoms with Crippen LogP contribution < -0.4 is 5.56 Å². The Balaban J connectivity index is 1.74. The molecule has 1 fully saturated rings. The van der Waals surface area contributed by atoms with Crippen LogP contribution in [0.5, 0.6) is 0 Å². The number of ether oxygens (including phenoxy) is 1. The molecule has 2 aromatic rings. The molecule has 1 atom stereocenters. The van der Waals surface area contributed by atoms with Crippen molar-refractivity contribution in [3.05, 3.63) is 46.2 Å². The summed E-state index contributed by atoms with van der Waals surface area (Å²) in [5, 5.41) is 0.945. The summed E-state index contributed by atoms with van der Waals surface area (Å²) >= 11 is 0. The van der Waals surface area contributed by atoms with Gasteiger partial charge >= 0.3 is 0 Å². The van der Waals surface area contributed by atoms with E-state index in [0.29, 0.717) is 18.7 Å². The number of aromatic nitrogens is 1. The predicted molar refractivity (Wildman–Crippen MR) is 89.5 cm³/mol. The highest BCUT2D eigenvalue weighted by molar-refractivity contribution is 5.82. The highest BCUT2D eigenvalue weighted by atomic mass is 16.5. The van der Waals surface area contributed by atoms with Gasteiger partial charge in [0.05, 0.1) is 12.5 Å². The molecule has 0 radical (unpaired) electrons. The average Bonchev–Trinajstić information content (AvgIpc) is 2.56. The van der Waals surface area contributed by atoms with Gasteiger partial charge in [-0.2, -0.15) is 0 Å². The van der Waals surface area contributed by atoms with Crippen LogP contribution in [0.1, 0.15) is 25.3 Å². The number of carbonyl (C=O) groups excluding carboxylic acids is 1. The van der Waals surface area contributed by atoms with Gasteiger partial charge in [-0.3, -0.25) is 9.59 Å². The minimum absolute atomic E-state index is 0.00446. The van der Waals surface area contributed by atoms with Crippen molar-refractivity contribution in [1.29, 1.82) is 0 Å². The summed E-state index contributed by atoms with van der Waals surface area (Å²) in [5.74, 6) is -0.00446. The first-order valence-corrected chi connectivity index (χ1v) is 8.17. The fraction of sp³-hybridized carbons (Fsp3) is 0.444. The quantitative estimate of drug-likeness (QED) is 0.940. The summed E-state index contributed by atoms with van der Waals surface area (Å²) < 4.78 is 5.63. The predicted octanol–water partition coefficient (Wildman–Crippen LogP) is 2.10. The fourth-order valence-corrected chi connectivity index (χ4v) is 3.14. The van der Waals surface area contributed by atoms with E-state index in [0.717, 1.165) is 30.3 Å². The smallest absolute Gasteiger partial charge is 0.252 e. The summed E-state index contributed by atoms with van der Waals surface area (Å²) in [7, 11) is 0. The summed E-state index contributed by atoms with van der Waals surface area (Å²) in [4.78, 5) is 29.4. The number of nitrogens with zero attached hydrogens (tertiary/aromatic N) is 1. The third-order valence-electron chi connectivity index (χ3n) is 4.31. The van der Waals surface area contributed by atoms with Crippen LogP contribution >= 0.6 is 0 Å². The molecule has 0 aliphatic carbocycles. The molecule has 0 saturated carbocycles. The van der Waals surface area contributed by atoms with Gasteiger partial charge in [0.1, 0.15) is 0 Å². The Hall–Kier alpha value is -2.14. The van der Waals surface area contributed by atoms with Crippen molar-refractivity contribution in [1.82, 2.24) is 9.88 Å². The molecule has 2 heterocycles. The number of hydrogen-bond donors (Lipinski definition) is 1. The van der Waals surface area contributed by atoms with Gasteiger partial charge in [0.15, 0.2) is 0 Å². The molecule has 0 unspecified atom stereocenters. The lowest BCUT2D eigenvalue weighted by Crippen LogP contribution is -2.44. The van der Waals surface area contributed by atoms with E-state index in [1.807, 2.05) is 42.2 Å². The van der Waals surface area contributed by atoms with Crippen molar-refractivity contribution >= 4 is 16.8 Å². The number of amides is 1. The molecule has 0 bridgehead atoms. The fourth-order valence-electron chi connectivity index (χ4n) is 3.14. The Morgan fingerprint density at radius 1 is 1.39 bits per heavy atom. The highest BCUT2D eigenvalue weighted by Crippen LogP contribution is 2.15. The van der Waals surface area contributed by atoms with Gasteiger partial charge in [-0.25, -0.2) is 0 Å². The average molecular weight is 314 g/mol. The van der Waals surface area contributed by atoms with Crippen molar-refractivity contribution in [3.63, 3.8) is 0 Å². The zero-order valence-corrected chi connectivity index (χ0v) is 13.4. The van der Waals surface area contributed by atoms with Crippen molar-refractivity contribution in [3.8, 4) is 0 Å². The zero-order chi connectivity index (χ0) is 16.2. The topological polar surface area (TPSA) is 62.4 Å². The SMILES string of the molecule is CCO[C@@H]1CCCN(C(=O)Cc2cc3ccccc3[nH]c2=O)C1. The largest absolute Gasteiger partial charge is 0.377 e. The summed E-state index contributed by atoms with van der Waals surface area (Å²) in [6.07, 6.45) is 2.20. The minimum Gasteiger partial charge on any atom is -0.377 e.